The number of hydrogen-bond acceptors (Lipinski definition) is 3. The summed E-state index contributed by atoms with van der Waals surface area (Å²) in [5.41, 5.74) is 3.50. The Bertz CT molecular complexity index is 1020. The van der Waals surface area contributed by atoms with Gasteiger partial charge in [0, 0.05) is 30.3 Å². The molecule has 1 aliphatic carbocycles. The van der Waals surface area contributed by atoms with Crippen LogP contribution in [0.25, 0.3) is 6.08 Å². The topological polar surface area (TPSA) is 49.4 Å². The van der Waals surface area contributed by atoms with Gasteiger partial charge in [0.15, 0.2) is 0 Å². The Labute approximate surface area is 201 Å². The highest BCUT2D eigenvalue weighted by Gasteiger charge is 2.43. The van der Waals surface area contributed by atoms with Crippen LogP contribution >= 0.6 is 11.8 Å². The van der Waals surface area contributed by atoms with Crippen molar-refractivity contribution >= 4 is 29.7 Å². The third-order valence-electron chi connectivity index (χ3n) is 6.94. The average molecular weight is 463 g/mol. The predicted molar refractivity (Wildman–Crippen MR) is 137 cm³/mol. The lowest BCUT2D eigenvalue weighted by Crippen LogP contribution is -2.53. The average Bonchev–Trinajstić information content (AvgIpc) is 2.82. The van der Waals surface area contributed by atoms with Crippen molar-refractivity contribution < 1.29 is 9.59 Å². The van der Waals surface area contributed by atoms with Crippen molar-refractivity contribution in [1.82, 2.24) is 10.2 Å². The maximum Gasteiger partial charge on any atom is 0.260 e. The molecule has 2 aliphatic rings. The molecule has 4 unspecified atom stereocenters. The minimum absolute atomic E-state index is 0.0331. The molecule has 1 aliphatic heterocycles. The van der Waals surface area contributed by atoms with Crippen LogP contribution in [-0.4, -0.2) is 41.1 Å². The molecule has 1 heterocycles. The van der Waals surface area contributed by atoms with Gasteiger partial charge in [0.1, 0.15) is 0 Å². The van der Waals surface area contributed by atoms with E-state index in [-0.39, 0.29) is 29.8 Å². The summed E-state index contributed by atoms with van der Waals surface area (Å²) in [6, 6.07) is 18.8. The van der Waals surface area contributed by atoms with Gasteiger partial charge < -0.3 is 10.2 Å². The van der Waals surface area contributed by atoms with Gasteiger partial charge in [0.05, 0.1) is 4.91 Å². The maximum absolute atomic E-state index is 13.1. The van der Waals surface area contributed by atoms with E-state index in [0.29, 0.717) is 5.25 Å². The Morgan fingerprint density at radius 2 is 1.97 bits per heavy atom. The quantitative estimate of drug-likeness (QED) is 0.599. The Kier molecular flexibility index (Phi) is 7.59. The largest absolute Gasteiger partial charge is 0.353 e. The number of thioether (sulfide) groups is 1. The zero-order valence-corrected chi connectivity index (χ0v) is 20.6. The van der Waals surface area contributed by atoms with Crippen molar-refractivity contribution in [2.24, 2.45) is 5.92 Å². The molecule has 2 fully saturated rings. The van der Waals surface area contributed by atoms with Crippen LogP contribution in [0.1, 0.15) is 49.3 Å². The zero-order valence-electron chi connectivity index (χ0n) is 19.8. The number of carbonyl (C=O) groups is 2. The predicted octanol–water partition coefficient (Wildman–Crippen LogP) is 5.22. The lowest BCUT2D eigenvalue weighted by molar-refractivity contribution is -0.132. The standard InChI is InChI=1S/C28H34N2O2S/c1-4-23(16-20-10-6-5-7-11-20)29-27(31)22-13-14-25-24(18-22)30(3)28(32)26(33-25)17-21-12-8-9-19(2)15-21/h5-12,15,17,22-25H,4,13-14,16,18H2,1-3H3,(H,29,31)/b26-17+. The number of benzene rings is 2. The molecule has 4 rings (SSSR count). The second-order valence-electron chi connectivity index (χ2n) is 9.38. The zero-order chi connectivity index (χ0) is 23.4. The monoisotopic (exact) mass is 462 g/mol. The van der Waals surface area contributed by atoms with Gasteiger partial charge in [-0.3, -0.25) is 9.59 Å². The molecule has 0 spiro atoms. The SMILES string of the molecule is CCC(Cc1ccccc1)NC(=O)C1CCC2S/C(=C/c3cccc(C)c3)C(=O)N(C)C2C1. The summed E-state index contributed by atoms with van der Waals surface area (Å²) < 4.78 is 0. The first kappa shape index (κ1) is 23.6. The third-order valence-corrected chi connectivity index (χ3v) is 8.34. The smallest absolute Gasteiger partial charge is 0.260 e. The highest BCUT2D eigenvalue weighted by Crippen LogP contribution is 2.43. The molecule has 0 aromatic heterocycles. The van der Waals surface area contributed by atoms with Gasteiger partial charge in [0.25, 0.3) is 5.91 Å². The van der Waals surface area contributed by atoms with E-state index in [4.69, 9.17) is 0 Å². The van der Waals surface area contributed by atoms with E-state index < -0.39 is 0 Å². The lowest BCUT2D eigenvalue weighted by Gasteiger charge is -2.44. The fraction of sp³-hybridized carbons (Fsp3) is 0.429. The molecule has 0 bridgehead atoms. The first-order valence-electron chi connectivity index (χ1n) is 12.0. The molecule has 0 radical (unpaired) electrons. The van der Waals surface area contributed by atoms with Gasteiger partial charge in [-0.2, -0.15) is 0 Å². The Morgan fingerprint density at radius 1 is 1.18 bits per heavy atom. The summed E-state index contributed by atoms with van der Waals surface area (Å²) in [6.07, 6.45) is 6.34. The van der Waals surface area contributed by atoms with Gasteiger partial charge >= 0.3 is 0 Å². The molecule has 2 aromatic carbocycles. The van der Waals surface area contributed by atoms with E-state index in [1.165, 1.54) is 11.1 Å². The molecule has 4 nitrogen and oxygen atoms in total. The number of fused-ring (bicyclic) bond motifs is 1. The molecule has 33 heavy (non-hydrogen) atoms. The molecular formula is C28H34N2O2S. The molecule has 1 saturated heterocycles. The van der Waals surface area contributed by atoms with Gasteiger partial charge in [-0.1, -0.05) is 67.1 Å². The highest BCUT2D eigenvalue weighted by atomic mass is 32.2. The van der Waals surface area contributed by atoms with Crippen LogP contribution < -0.4 is 5.32 Å². The van der Waals surface area contributed by atoms with Gasteiger partial charge in [-0.05, 0) is 56.2 Å². The van der Waals surface area contributed by atoms with Crippen molar-refractivity contribution in [3.05, 3.63) is 76.2 Å². The summed E-state index contributed by atoms with van der Waals surface area (Å²) in [4.78, 5) is 28.9. The Morgan fingerprint density at radius 3 is 2.70 bits per heavy atom. The normalized spacial score (nSPS) is 24.9. The number of nitrogens with zero attached hydrogens (tertiary/aromatic N) is 1. The molecule has 1 N–H and O–H groups in total. The van der Waals surface area contributed by atoms with E-state index in [1.807, 2.05) is 48.4 Å². The lowest BCUT2D eigenvalue weighted by atomic mass is 9.83. The van der Waals surface area contributed by atoms with Crippen molar-refractivity contribution in [3.8, 4) is 0 Å². The van der Waals surface area contributed by atoms with Crippen LogP contribution in [0.5, 0.6) is 0 Å². The van der Waals surface area contributed by atoms with Crippen molar-refractivity contribution in [3.63, 3.8) is 0 Å². The van der Waals surface area contributed by atoms with E-state index >= 15 is 0 Å². The summed E-state index contributed by atoms with van der Waals surface area (Å²) in [5.74, 6) is 0.178. The number of rotatable bonds is 6. The van der Waals surface area contributed by atoms with Gasteiger partial charge in [-0.25, -0.2) is 0 Å². The number of aryl methyl sites for hydroxylation is 1. The summed E-state index contributed by atoms with van der Waals surface area (Å²) in [6.45, 7) is 4.19. The third kappa shape index (κ3) is 5.70. The van der Waals surface area contributed by atoms with Crippen LogP contribution in [0.4, 0.5) is 0 Å². The van der Waals surface area contributed by atoms with Crippen LogP contribution in [0.15, 0.2) is 59.5 Å². The fourth-order valence-corrected chi connectivity index (χ4v) is 6.44. The van der Waals surface area contributed by atoms with Crippen LogP contribution in [-0.2, 0) is 16.0 Å². The second-order valence-corrected chi connectivity index (χ2v) is 10.7. The molecule has 174 valence electrons. The van der Waals surface area contributed by atoms with E-state index in [2.05, 4.69) is 43.4 Å². The fourth-order valence-electron chi connectivity index (χ4n) is 4.96. The van der Waals surface area contributed by atoms with Crippen LogP contribution in [0.3, 0.4) is 0 Å². The Balaban J connectivity index is 1.39. The van der Waals surface area contributed by atoms with Crippen LogP contribution in [0, 0.1) is 12.8 Å². The van der Waals surface area contributed by atoms with E-state index in [1.54, 1.807) is 11.8 Å². The van der Waals surface area contributed by atoms with Crippen LogP contribution in [0.2, 0.25) is 0 Å². The maximum atomic E-state index is 13.1. The second kappa shape index (κ2) is 10.6. The van der Waals surface area contributed by atoms with Crippen molar-refractivity contribution in [1.29, 1.82) is 0 Å². The first-order chi connectivity index (χ1) is 15.9. The van der Waals surface area contributed by atoms with Crippen molar-refractivity contribution in [2.45, 2.75) is 63.3 Å². The Hall–Kier alpha value is -2.53. The number of hydrogen-bond donors (Lipinski definition) is 1. The number of carbonyl (C=O) groups excluding carboxylic acids is 2. The minimum Gasteiger partial charge on any atom is -0.353 e. The molecule has 5 heteroatoms. The highest BCUT2D eigenvalue weighted by molar-refractivity contribution is 8.04. The number of likely N-dealkylation sites (N-methyl/N-ethyl adjacent to an activating group) is 1. The minimum atomic E-state index is -0.0331. The molecule has 2 amide bonds. The molecular weight excluding hydrogens is 428 g/mol. The van der Waals surface area contributed by atoms with E-state index in [0.717, 1.165) is 42.6 Å². The number of nitrogens with one attached hydrogen (secondary N) is 1. The molecule has 4 atom stereocenters. The van der Waals surface area contributed by atoms with Crippen molar-refractivity contribution in [2.75, 3.05) is 7.05 Å². The van der Waals surface area contributed by atoms with Gasteiger partial charge in [0.2, 0.25) is 5.91 Å². The molecule has 1 saturated carbocycles. The van der Waals surface area contributed by atoms with Gasteiger partial charge in [-0.15, -0.1) is 11.8 Å². The summed E-state index contributed by atoms with van der Waals surface area (Å²) >= 11 is 1.70. The number of amides is 2. The summed E-state index contributed by atoms with van der Waals surface area (Å²) in [5, 5.41) is 3.64. The summed E-state index contributed by atoms with van der Waals surface area (Å²) in [7, 11) is 1.90. The van der Waals surface area contributed by atoms with E-state index in [9.17, 15) is 9.59 Å². The first-order valence-corrected chi connectivity index (χ1v) is 12.9. The molecule has 2 aromatic rings.